The van der Waals surface area contributed by atoms with E-state index in [1.165, 1.54) is 0 Å². The smallest absolute Gasteiger partial charge is 0.410 e. The van der Waals surface area contributed by atoms with Gasteiger partial charge >= 0.3 is 6.09 Å². The SMILES string of the molecule is CC(C)(C)OC(=O)N1CCC(c2[nH]c(-c3ccnc(/C=C/c4ccccc4)c3)cc2C(=O)NCc2ccccc2)CC1. The molecule has 4 aromatic rings. The first kappa shape index (κ1) is 28.9. The summed E-state index contributed by atoms with van der Waals surface area (Å²) >= 11 is 0. The number of amides is 2. The fourth-order valence-electron chi connectivity index (χ4n) is 5.14. The Bertz CT molecular complexity index is 1530. The van der Waals surface area contributed by atoms with Crippen LogP contribution in [-0.4, -0.2) is 45.6 Å². The van der Waals surface area contributed by atoms with Crippen LogP contribution >= 0.6 is 0 Å². The molecule has 2 aromatic carbocycles. The summed E-state index contributed by atoms with van der Waals surface area (Å²) in [6.45, 7) is 7.22. The molecule has 1 aliphatic heterocycles. The first-order valence-electron chi connectivity index (χ1n) is 14.5. The van der Waals surface area contributed by atoms with Crippen LogP contribution in [-0.2, 0) is 11.3 Å². The van der Waals surface area contributed by atoms with E-state index in [4.69, 9.17) is 4.74 Å². The second kappa shape index (κ2) is 12.9. The van der Waals surface area contributed by atoms with E-state index in [2.05, 4.69) is 15.3 Å². The Kier molecular flexibility index (Phi) is 8.86. The quantitative estimate of drug-likeness (QED) is 0.248. The molecule has 42 heavy (non-hydrogen) atoms. The summed E-state index contributed by atoms with van der Waals surface area (Å²) in [5.74, 6) is -0.0154. The van der Waals surface area contributed by atoms with Gasteiger partial charge in [-0.25, -0.2) is 4.79 Å². The third-order valence-corrected chi connectivity index (χ3v) is 7.28. The zero-order valence-electron chi connectivity index (χ0n) is 24.5. The lowest BCUT2D eigenvalue weighted by molar-refractivity contribution is 0.0203. The van der Waals surface area contributed by atoms with Gasteiger partial charge in [-0.3, -0.25) is 9.78 Å². The Hall–Kier alpha value is -4.65. The molecule has 0 spiro atoms. The van der Waals surface area contributed by atoms with Crippen molar-refractivity contribution in [1.82, 2.24) is 20.2 Å². The summed E-state index contributed by atoms with van der Waals surface area (Å²) in [5.41, 5.74) is 5.78. The number of hydrogen-bond donors (Lipinski definition) is 2. The molecule has 0 aliphatic carbocycles. The first-order valence-corrected chi connectivity index (χ1v) is 14.5. The number of piperidine rings is 1. The fourth-order valence-corrected chi connectivity index (χ4v) is 5.14. The molecule has 0 saturated carbocycles. The molecular formula is C35H38N4O3. The normalized spacial score (nSPS) is 14.2. The van der Waals surface area contributed by atoms with Gasteiger partial charge in [0.15, 0.2) is 0 Å². The highest BCUT2D eigenvalue weighted by atomic mass is 16.6. The summed E-state index contributed by atoms with van der Waals surface area (Å²) in [6, 6.07) is 25.9. The molecule has 1 aliphatic rings. The van der Waals surface area contributed by atoms with Gasteiger partial charge in [-0.15, -0.1) is 0 Å². The van der Waals surface area contributed by atoms with Crippen molar-refractivity contribution < 1.29 is 14.3 Å². The highest BCUT2D eigenvalue weighted by molar-refractivity contribution is 5.97. The molecule has 216 valence electrons. The van der Waals surface area contributed by atoms with E-state index in [1.54, 1.807) is 11.1 Å². The van der Waals surface area contributed by atoms with Gasteiger partial charge in [0, 0.05) is 48.7 Å². The predicted molar refractivity (Wildman–Crippen MR) is 167 cm³/mol. The molecule has 1 fully saturated rings. The maximum atomic E-state index is 13.5. The number of carbonyl (C=O) groups is 2. The summed E-state index contributed by atoms with van der Waals surface area (Å²) in [6.07, 6.45) is 6.99. The van der Waals surface area contributed by atoms with Crippen LogP contribution in [0.1, 0.15) is 72.4 Å². The third-order valence-electron chi connectivity index (χ3n) is 7.28. The van der Waals surface area contributed by atoms with Crippen LogP contribution in [0.15, 0.2) is 85.1 Å². The zero-order chi connectivity index (χ0) is 29.5. The molecule has 2 amide bonds. The molecule has 3 heterocycles. The summed E-state index contributed by atoms with van der Waals surface area (Å²) < 4.78 is 5.58. The molecular weight excluding hydrogens is 524 g/mol. The third kappa shape index (κ3) is 7.55. The second-order valence-corrected chi connectivity index (χ2v) is 11.6. The van der Waals surface area contributed by atoms with Crippen molar-refractivity contribution in [3.63, 3.8) is 0 Å². The second-order valence-electron chi connectivity index (χ2n) is 11.6. The molecule has 7 nitrogen and oxygen atoms in total. The fraction of sp³-hybridized carbons (Fsp3) is 0.286. The van der Waals surface area contributed by atoms with Crippen molar-refractivity contribution in [2.24, 2.45) is 0 Å². The number of pyridine rings is 1. The average molecular weight is 563 g/mol. The summed E-state index contributed by atoms with van der Waals surface area (Å²) in [7, 11) is 0. The Morgan fingerprint density at radius 3 is 2.36 bits per heavy atom. The number of carbonyl (C=O) groups excluding carboxylic acids is 2. The van der Waals surface area contributed by atoms with Gasteiger partial charge in [-0.1, -0.05) is 66.7 Å². The van der Waals surface area contributed by atoms with Gasteiger partial charge in [-0.2, -0.15) is 0 Å². The Labute approximate surface area is 247 Å². The summed E-state index contributed by atoms with van der Waals surface area (Å²) in [5, 5.41) is 3.10. The monoisotopic (exact) mass is 562 g/mol. The predicted octanol–water partition coefficient (Wildman–Crippen LogP) is 7.29. The van der Waals surface area contributed by atoms with Gasteiger partial charge in [0.25, 0.3) is 5.91 Å². The van der Waals surface area contributed by atoms with E-state index in [0.717, 1.165) is 46.6 Å². The van der Waals surface area contributed by atoms with E-state index in [-0.39, 0.29) is 17.9 Å². The van der Waals surface area contributed by atoms with Gasteiger partial charge in [0.1, 0.15) is 5.60 Å². The Morgan fingerprint density at radius 2 is 1.67 bits per heavy atom. The molecule has 0 atom stereocenters. The Balaban J connectivity index is 1.38. The van der Waals surface area contributed by atoms with Crippen LogP contribution in [0.3, 0.4) is 0 Å². The van der Waals surface area contributed by atoms with Crippen LogP contribution in [0, 0.1) is 0 Å². The first-order chi connectivity index (χ1) is 20.2. The number of hydrogen-bond acceptors (Lipinski definition) is 4. The van der Waals surface area contributed by atoms with Crippen molar-refractivity contribution >= 4 is 24.2 Å². The molecule has 0 radical (unpaired) electrons. The zero-order valence-corrected chi connectivity index (χ0v) is 24.5. The number of nitrogens with one attached hydrogen (secondary N) is 2. The van der Waals surface area contributed by atoms with Crippen molar-refractivity contribution in [2.75, 3.05) is 13.1 Å². The van der Waals surface area contributed by atoms with E-state index >= 15 is 0 Å². The minimum absolute atomic E-state index is 0.106. The maximum Gasteiger partial charge on any atom is 0.410 e. The molecule has 2 aromatic heterocycles. The molecule has 2 N–H and O–H groups in total. The molecule has 0 unspecified atom stereocenters. The highest BCUT2D eigenvalue weighted by Gasteiger charge is 2.30. The van der Waals surface area contributed by atoms with Crippen molar-refractivity contribution in [2.45, 2.75) is 51.7 Å². The molecule has 7 heteroatoms. The van der Waals surface area contributed by atoms with E-state index in [9.17, 15) is 9.59 Å². The van der Waals surface area contributed by atoms with E-state index in [1.807, 2.05) is 112 Å². The minimum atomic E-state index is -0.536. The van der Waals surface area contributed by atoms with Crippen LogP contribution in [0.2, 0.25) is 0 Å². The van der Waals surface area contributed by atoms with E-state index in [0.29, 0.717) is 25.2 Å². The molecule has 0 bridgehead atoms. The standard InChI is InChI=1S/C35H38N4O3/c1-35(2,3)42-34(41)39-20-17-27(18-21-39)32-30(33(40)37-24-26-12-8-5-9-13-26)23-31(38-32)28-16-19-36-29(22-28)15-14-25-10-6-4-7-11-25/h4-16,19,22-23,27,38H,17-18,20-21,24H2,1-3H3,(H,37,40)/b15-14+. The van der Waals surface area contributed by atoms with Gasteiger partial charge in [0.2, 0.25) is 0 Å². The van der Waals surface area contributed by atoms with Crippen molar-refractivity contribution in [3.05, 3.63) is 113 Å². The van der Waals surface area contributed by atoms with Gasteiger partial charge < -0.3 is 19.9 Å². The van der Waals surface area contributed by atoms with Crippen LogP contribution in [0.25, 0.3) is 23.4 Å². The summed E-state index contributed by atoms with van der Waals surface area (Å²) in [4.78, 5) is 36.0. The lowest BCUT2D eigenvalue weighted by atomic mass is 9.91. The van der Waals surface area contributed by atoms with Gasteiger partial charge in [-0.05, 0) is 69.0 Å². The number of ether oxygens (including phenoxy) is 1. The Morgan fingerprint density at radius 1 is 0.976 bits per heavy atom. The number of likely N-dealkylation sites (tertiary alicyclic amines) is 1. The van der Waals surface area contributed by atoms with Crippen LogP contribution in [0.4, 0.5) is 4.79 Å². The van der Waals surface area contributed by atoms with Crippen molar-refractivity contribution in [3.8, 4) is 11.3 Å². The number of benzene rings is 2. The topological polar surface area (TPSA) is 87.3 Å². The average Bonchev–Trinajstić information content (AvgIpc) is 3.45. The minimum Gasteiger partial charge on any atom is -0.444 e. The largest absolute Gasteiger partial charge is 0.444 e. The number of aromatic nitrogens is 2. The van der Waals surface area contributed by atoms with Crippen molar-refractivity contribution in [1.29, 1.82) is 0 Å². The van der Waals surface area contributed by atoms with E-state index < -0.39 is 5.60 Å². The highest BCUT2D eigenvalue weighted by Crippen LogP contribution is 2.34. The molecule has 1 saturated heterocycles. The number of rotatable bonds is 7. The maximum absolute atomic E-state index is 13.5. The number of nitrogens with zero attached hydrogens (tertiary/aromatic N) is 2. The lowest BCUT2D eigenvalue weighted by Crippen LogP contribution is -2.41. The number of H-pyrrole nitrogens is 1. The lowest BCUT2D eigenvalue weighted by Gasteiger charge is -2.33. The van der Waals surface area contributed by atoms with Gasteiger partial charge in [0.05, 0.1) is 11.3 Å². The number of aromatic amines is 1. The van der Waals surface area contributed by atoms with Crippen LogP contribution in [0.5, 0.6) is 0 Å². The van der Waals surface area contributed by atoms with Crippen LogP contribution < -0.4 is 5.32 Å². The molecule has 5 rings (SSSR count).